The van der Waals surface area contributed by atoms with Crippen molar-refractivity contribution in [2.45, 2.75) is 11.5 Å². The highest BCUT2D eigenvalue weighted by molar-refractivity contribution is 8.13. The fourth-order valence-electron chi connectivity index (χ4n) is 0.764. The molecule has 1 rings (SSSR count). The summed E-state index contributed by atoms with van der Waals surface area (Å²) in [6, 6.07) is 0.804. The summed E-state index contributed by atoms with van der Waals surface area (Å²) in [5.74, 6) is 0. The van der Waals surface area contributed by atoms with Gasteiger partial charge in [0.1, 0.15) is 5.69 Å². The number of halogens is 5. The van der Waals surface area contributed by atoms with Crippen molar-refractivity contribution >= 4 is 42.9 Å². The van der Waals surface area contributed by atoms with Crippen LogP contribution in [0, 0.1) is 0 Å². The van der Waals surface area contributed by atoms with Crippen molar-refractivity contribution in [3.63, 3.8) is 0 Å². The number of hydrogen-bond acceptors (Lipinski definition) is 3. The van der Waals surface area contributed by atoms with Crippen molar-refractivity contribution in [1.82, 2.24) is 4.98 Å². The van der Waals surface area contributed by atoms with Gasteiger partial charge in [-0.15, -0.1) is 0 Å². The molecule has 0 aliphatic heterocycles. The Bertz CT molecular complexity index is 491. The Morgan fingerprint density at radius 1 is 1.33 bits per heavy atom. The van der Waals surface area contributed by atoms with E-state index in [9.17, 15) is 17.2 Å². The molecule has 0 bridgehead atoms. The zero-order chi connectivity index (χ0) is 11.8. The molecular weight excluding hydrogens is 294 g/mol. The maximum absolute atomic E-state index is 12.3. The first-order valence-electron chi connectivity index (χ1n) is 3.32. The number of hydrogen-bond donors (Lipinski definition) is 0. The summed E-state index contributed by atoms with van der Waals surface area (Å²) >= 11 is 10.8. The van der Waals surface area contributed by atoms with Gasteiger partial charge in [-0.05, 0) is 6.07 Å². The van der Waals surface area contributed by atoms with Crippen molar-refractivity contribution in [2.75, 3.05) is 0 Å². The molecule has 0 radical (unpaired) electrons. The van der Waals surface area contributed by atoms with E-state index in [-0.39, 0.29) is 5.02 Å². The van der Waals surface area contributed by atoms with E-state index in [1.807, 2.05) is 0 Å². The molecule has 0 amide bonds. The topological polar surface area (TPSA) is 47.0 Å². The summed E-state index contributed by atoms with van der Waals surface area (Å²) < 4.78 is 46.3. The second-order valence-corrected chi connectivity index (χ2v) is 5.68. The Balaban J connectivity index is 3.50. The van der Waals surface area contributed by atoms with Crippen LogP contribution in [0.1, 0.15) is 12.1 Å². The van der Waals surface area contributed by atoms with Gasteiger partial charge in [-0.1, -0.05) is 23.2 Å². The van der Waals surface area contributed by atoms with Gasteiger partial charge in [-0.2, -0.15) is 0 Å². The summed E-state index contributed by atoms with van der Waals surface area (Å²) in [6.07, 6.45) is -3.03. The first-order valence-corrected chi connectivity index (χ1v) is 6.38. The second kappa shape index (κ2) is 4.37. The fraction of sp³-hybridized carbons (Fsp3) is 0.167. The number of rotatable bonds is 2. The van der Waals surface area contributed by atoms with E-state index in [2.05, 4.69) is 4.98 Å². The number of pyridine rings is 1. The molecule has 0 aliphatic rings. The molecule has 0 N–H and O–H groups in total. The molecule has 0 fully saturated rings. The van der Waals surface area contributed by atoms with Crippen molar-refractivity contribution in [2.24, 2.45) is 0 Å². The summed E-state index contributed by atoms with van der Waals surface area (Å²) in [5, 5.41) is -1.59. The highest BCUT2D eigenvalue weighted by Crippen LogP contribution is 2.33. The van der Waals surface area contributed by atoms with E-state index in [4.69, 9.17) is 33.9 Å². The predicted octanol–water partition coefficient (Wildman–Crippen LogP) is 3.25. The zero-order valence-corrected chi connectivity index (χ0v) is 9.80. The van der Waals surface area contributed by atoms with Crippen LogP contribution in [-0.4, -0.2) is 13.4 Å². The lowest BCUT2D eigenvalue weighted by molar-refractivity contribution is 0.145. The molecule has 3 nitrogen and oxygen atoms in total. The van der Waals surface area contributed by atoms with E-state index >= 15 is 0 Å². The van der Waals surface area contributed by atoms with Crippen LogP contribution < -0.4 is 0 Å². The van der Waals surface area contributed by atoms with E-state index < -0.39 is 31.2 Å². The minimum Gasteiger partial charge on any atom is -0.232 e. The van der Waals surface area contributed by atoms with Gasteiger partial charge < -0.3 is 0 Å². The quantitative estimate of drug-likeness (QED) is 0.787. The molecule has 84 valence electrons. The molecule has 0 saturated carbocycles. The Hall–Kier alpha value is -0.170. The second-order valence-electron chi connectivity index (χ2n) is 2.38. The van der Waals surface area contributed by atoms with E-state index in [0.717, 1.165) is 6.07 Å². The van der Waals surface area contributed by atoms with E-state index in [0.29, 0.717) is 0 Å². The van der Waals surface area contributed by atoms with Gasteiger partial charge in [0.05, 0.1) is 10.0 Å². The highest BCUT2D eigenvalue weighted by Gasteiger charge is 2.22. The average Bonchev–Trinajstić information content (AvgIpc) is 2.06. The molecule has 0 aliphatic carbocycles. The third-order valence-corrected chi connectivity index (χ3v) is 3.35. The van der Waals surface area contributed by atoms with E-state index in [1.165, 1.54) is 0 Å². The lowest BCUT2D eigenvalue weighted by Crippen LogP contribution is -2.01. The molecule has 0 spiro atoms. The average molecular weight is 297 g/mol. The Kier molecular flexibility index (Phi) is 3.76. The maximum atomic E-state index is 12.3. The predicted molar refractivity (Wildman–Crippen MR) is 52.3 cm³/mol. The van der Waals surface area contributed by atoms with Crippen LogP contribution in [0.15, 0.2) is 11.1 Å². The summed E-state index contributed by atoms with van der Waals surface area (Å²) in [5.41, 5.74) is -0.914. The summed E-state index contributed by atoms with van der Waals surface area (Å²) in [4.78, 5) is 3.12. The van der Waals surface area contributed by atoms with Crippen LogP contribution in [-0.2, 0) is 9.05 Å². The lowest BCUT2D eigenvalue weighted by atomic mass is 10.3. The van der Waals surface area contributed by atoms with Crippen molar-refractivity contribution in [1.29, 1.82) is 0 Å². The summed E-state index contributed by atoms with van der Waals surface area (Å²) in [7, 11) is 0.709. The Labute approximate surface area is 98.4 Å². The van der Waals surface area contributed by atoms with Crippen LogP contribution in [0.3, 0.4) is 0 Å². The molecule has 9 heteroatoms. The number of aromatic nitrogens is 1. The molecule has 1 aromatic rings. The fourth-order valence-corrected chi connectivity index (χ4v) is 1.91. The van der Waals surface area contributed by atoms with Crippen molar-refractivity contribution in [3.05, 3.63) is 21.8 Å². The number of alkyl halides is 2. The first kappa shape index (κ1) is 12.9. The van der Waals surface area contributed by atoms with Crippen LogP contribution in [0.2, 0.25) is 10.0 Å². The monoisotopic (exact) mass is 295 g/mol. The van der Waals surface area contributed by atoms with Gasteiger partial charge in [0.25, 0.3) is 15.5 Å². The van der Waals surface area contributed by atoms with Gasteiger partial charge in [0.2, 0.25) is 0 Å². The van der Waals surface area contributed by atoms with Crippen LogP contribution in [0.25, 0.3) is 0 Å². The molecule has 15 heavy (non-hydrogen) atoms. The molecule has 0 unspecified atom stereocenters. The van der Waals surface area contributed by atoms with Gasteiger partial charge >= 0.3 is 0 Å². The Morgan fingerprint density at radius 2 is 1.87 bits per heavy atom. The largest absolute Gasteiger partial charge is 0.281 e. The molecule has 1 heterocycles. The van der Waals surface area contributed by atoms with Gasteiger partial charge in [-0.25, -0.2) is 22.2 Å². The normalized spacial score (nSPS) is 12.1. The molecule has 0 aromatic carbocycles. The lowest BCUT2D eigenvalue weighted by Gasteiger charge is -2.05. The Morgan fingerprint density at radius 3 is 2.27 bits per heavy atom. The standard InChI is InChI=1S/C6H2Cl3F2NO2S/c7-2-1-3(15(9,13)14)12-5(4(2)8)6(10)11/h1,6H. The SMILES string of the molecule is O=S(=O)(Cl)c1cc(Cl)c(Cl)c(C(F)F)n1. The first-order chi connectivity index (χ1) is 6.73. The smallest absolute Gasteiger partial charge is 0.232 e. The molecule has 1 aromatic heterocycles. The van der Waals surface area contributed by atoms with Crippen molar-refractivity contribution < 1.29 is 17.2 Å². The zero-order valence-electron chi connectivity index (χ0n) is 6.72. The minimum absolute atomic E-state index is 0.346. The van der Waals surface area contributed by atoms with E-state index in [1.54, 1.807) is 0 Å². The number of nitrogens with zero attached hydrogens (tertiary/aromatic N) is 1. The van der Waals surface area contributed by atoms with Gasteiger partial charge in [-0.3, -0.25) is 0 Å². The van der Waals surface area contributed by atoms with Gasteiger partial charge in [0, 0.05) is 10.7 Å². The molecule has 0 atom stereocenters. The third kappa shape index (κ3) is 2.90. The minimum atomic E-state index is -4.21. The highest BCUT2D eigenvalue weighted by atomic mass is 35.7. The molecule has 0 saturated heterocycles. The van der Waals surface area contributed by atoms with Crippen LogP contribution >= 0.6 is 33.9 Å². The maximum Gasteiger partial charge on any atom is 0.281 e. The van der Waals surface area contributed by atoms with Crippen LogP contribution in [0.5, 0.6) is 0 Å². The van der Waals surface area contributed by atoms with Crippen LogP contribution in [0.4, 0.5) is 8.78 Å². The third-order valence-electron chi connectivity index (χ3n) is 1.37. The van der Waals surface area contributed by atoms with Gasteiger partial charge in [0.15, 0.2) is 5.03 Å². The molecular formula is C6H2Cl3F2NO2S. The summed E-state index contributed by atoms with van der Waals surface area (Å²) in [6.45, 7) is 0. The van der Waals surface area contributed by atoms with Crippen molar-refractivity contribution in [3.8, 4) is 0 Å².